The molecule has 1 atom stereocenters. The molecule has 4 nitrogen and oxygen atoms in total. The van der Waals surface area contributed by atoms with Crippen molar-refractivity contribution >= 4 is 29.9 Å². The highest BCUT2D eigenvalue weighted by atomic mass is 127. The molecule has 0 aromatic heterocycles. The SMILES string of the molecule is CCNC(=NCCOCC)NC(C)C(C)C.I. The number of halogens is 1. The van der Waals surface area contributed by atoms with Crippen LogP contribution in [0.2, 0.25) is 0 Å². The van der Waals surface area contributed by atoms with Crippen LogP contribution in [0.5, 0.6) is 0 Å². The van der Waals surface area contributed by atoms with Gasteiger partial charge in [-0.15, -0.1) is 24.0 Å². The first-order chi connectivity index (χ1) is 7.61. The molecule has 2 N–H and O–H groups in total. The second kappa shape index (κ2) is 12.4. The molecule has 5 heteroatoms. The minimum absolute atomic E-state index is 0. The minimum atomic E-state index is 0. The fourth-order valence-electron chi connectivity index (χ4n) is 1.07. The number of ether oxygens (including phenoxy) is 1. The fourth-order valence-corrected chi connectivity index (χ4v) is 1.07. The van der Waals surface area contributed by atoms with Crippen LogP contribution in [0.3, 0.4) is 0 Å². The zero-order valence-corrected chi connectivity index (χ0v) is 14.1. The van der Waals surface area contributed by atoms with Gasteiger partial charge in [0.15, 0.2) is 5.96 Å². The molecule has 0 aliphatic rings. The van der Waals surface area contributed by atoms with Crippen molar-refractivity contribution in [2.45, 2.75) is 40.7 Å². The van der Waals surface area contributed by atoms with E-state index in [0.29, 0.717) is 25.1 Å². The summed E-state index contributed by atoms with van der Waals surface area (Å²) in [5, 5.41) is 6.61. The van der Waals surface area contributed by atoms with Gasteiger partial charge in [0.25, 0.3) is 0 Å². The summed E-state index contributed by atoms with van der Waals surface area (Å²) in [5.74, 6) is 1.47. The lowest BCUT2D eigenvalue weighted by molar-refractivity contribution is 0.155. The summed E-state index contributed by atoms with van der Waals surface area (Å²) in [4.78, 5) is 4.44. The first kappa shape index (κ1) is 19.3. The van der Waals surface area contributed by atoms with Crippen LogP contribution in [0.1, 0.15) is 34.6 Å². The Morgan fingerprint density at radius 1 is 1.24 bits per heavy atom. The van der Waals surface area contributed by atoms with Crippen molar-refractivity contribution in [1.29, 1.82) is 0 Å². The van der Waals surface area contributed by atoms with Gasteiger partial charge in [-0.2, -0.15) is 0 Å². The molecule has 0 bridgehead atoms. The molecule has 0 saturated carbocycles. The van der Waals surface area contributed by atoms with E-state index in [2.05, 4.69) is 43.3 Å². The maximum atomic E-state index is 5.25. The van der Waals surface area contributed by atoms with Crippen LogP contribution < -0.4 is 10.6 Å². The van der Waals surface area contributed by atoms with Gasteiger partial charge in [0.2, 0.25) is 0 Å². The lowest BCUT2D eigenvalue weighted by Gasteiger charge is -2.20. The first-order valence-corrected chi connectivity index (χ1v) is 6.24. The summed E-state index contributed by atoms with van der Waals surface area (Å²) < 4.78 is 5.25. The van der Waals surface area contributed by atoms with Crippen molar-refractivity contribution in [3.8, 4) is 0 Å². The molecular formula is C12H28IN3O. The van der Waals surface area contributed by atoms with E-state index >= 15 is 0 Å². The molecule has 0 aromatic rings. The third kappa shape index (κ3) is 10.8. The summed E-state index contributed by atoms with van der Waals surface area (Å²) in [6.45, 7) is 13.6. The Kier molecular flexibility index (Phi) is 14.1. The lowest BCUT2D eigenvalue weighted by Crippen LogP contribution is -2.44. The molecule has 1 unspecified atom stereocenters. The van der Waals surface area contributed by atoms with Gasteiger partial charge in [-0.3, -0.25) is 4.99 Å². The Morgan fingerprint density at radius 3 is 2.35 bits per heavy atom. The Bertz CT molecular complexity index is 198. The van der Waals surface area contributed by atoms with Crippen LogP contribution in [0.15, 0.2) is 4.99 Å². The van der Waals surface area contributed by atoms with Crippen LogP contribution in [0.25, 0.3) is 0 Å². The normalized spacial score (nSPS) is 13.2. The zero-order valence-electron chi connectivity index (χ0n) is 11.7. The maximum absolute atomic E-state index is 5.25. The quantitative estimate of drug-likeness (QED) is 0.318. The lowest BCUT2D eigenvalue weighted by atomic mass is 10.1. The predicted molar refractivity (Wildman–Crippen MR) is 85.3 cm³/mol. The highest BCUT2D eigenvalue weighted by Crippen LogP contribution is 1.99. The van der Waals surface area contributed by atoms with Gasteiger partial charge < -0.3 is 15.4 Å². The summed E-state index contributed by atoms with van der Waals surface area (Å²) in [6, 6.07) is 0.421. The van der Waals surface area contributed by atoms with Crippen molar-refractivity contribution in [2.24, 2.45) is 10.9 Å². The van der Waals surface area contributed by atoms with Crippen LogP contribution in [0, 0.1) is 5.92 Å². The van der Waals surface area contributed by atoms with Crippen molar-refractivity contribution in [3.63, 3.8) is 0 Å². The Hall–Kier alpha value is -0.0400. The largest absolute Gasteiger partial charge is 0.380 e. The number of hydrogen-bond donors (Lipinski definition) is 2. The summed E-state index contributed by atoms with van der Waals surface area (Å²) in [6.07, 6.45) is 0. The van der Waals surface area contributed by atoms with E-state index in [4.69, 9.17) is 4.74 Å². The summed E-state index contributed by atoms with van der Waals surface area (Å²) in [7, 11) is 0. The van der Waals surface area contributed by atoms with Crippen molar-refractivity contribution in [1.82, 2.24) is 10.6 Å². The molecule has 0 amide bonds. The second-order valence-electron chi connectivity index (χ2n) is 4.13. The van der Waals surface area contributed by atoms with E-state index < -0.39 is 0 Å². The van der Waals surface area contributed by atoms with Gasteiger partial charge in [0.05, 0.1) is 13.2 Å². The molecule has 104 valence electrons. The van der Waals surface area contributed by atoms with E-state index in [-0.39, 0.29) is 24.0 Å². The third-order valence-electron chi connectivity index (χ3n) is 2.42. The average molecular weight is 357 g/mol. The first-order valence-electron chi connectivity index (χ1n) is 6.24. The number of rotatable bonds is 7. The topological polar surface area (TPSA) is 45.7 Å². The van der Waals surface area contributed by atoms with Crippen molar-refractivity contribution in [3.05, 3.63) is 0 Å². The van der Waals surface area contributed by atoms with Gasteiger partial charge in [-0.05, 0) is 26.7 Å². The molecule has 0 saturated heterocycles. The van der Waals surface area contributed by atoms with Gasteiger partial charge in [-0.25, -0.2) is 0 Å². The molecule has 0 radical (unpaired) electrons. The standard InChI is InChI=1S/C12H27N3O.HI/c1-6-13-12(14-8-9-16-7-2)15-11(5)10(3)4;/h10-11H,6-9H2,1-5H3,(H2,13,14,15);1H. The number of nitrogens with zero attached hydrogens (tertiary/aromatic N) is 1. The van der Waals surface area contributed by atoms with Crippen molar-refractivity contribution in [2.75, 3.05) is 26.3 Å². The molecule has 0 spiro atoms. The minimum Gasteiger partial charge on any atom is -0.380 e. The van der Waals surface area contributed by atoms with Crippen molar-refractivity contribution < 1.29 is 4.74 Å². The Labute approximate surface area is 123 Å². The summed E-state index contributed by atoms with van der Waals surface area (Å²) >= 11 is 0. The predicted octanol–water partition coefficient (Wildman–Crippen LogP) is 2.24. The highest BCUT2D eigenvalue weighted by Gasteiger charge is 2.08. The Morgan fingerprint density at radius 2 is 1.88 bits per heavy atom. The van der Waals surface area contributed by atoms with E-state index in [0.717, 1.165) is 19.1 Å². The molecule has 0 fully saturated rings. The van der Waals surface area contributed by atoms with Crippen LogP contribution >= 0.6 is 24.0 Å². The number of hydrogen-bond acceptors (Lipinski definition) is 2. The molecule has 0 aliphatic heterocycles. The number of guanidine groups is 1. The molecular weight excluding hydrogens is 329 g/mol. The molecule has 0 aromatic carbocycles. The van der Waals surface area contributed by atoms with Gasteiger partial charge in [0, 0.05) is 19.2 Å². The van der Waals surface area contributed by atoms with Crippen LogP contribution in [-0.4, -0.2) is 38.3 Å². The molecule has 0 rings (SSSR count). The molecule has 0 heterocycles. The van der Waals surface area contributed by atoms with E-state index in [1.165, 1.54) is 0 Å². The molecule has 0 aliphatic carbocycles. The van der Waals surface area contributed by atoms with E-state index in [1.807, 2.05) is 6.92 Å². The van der Waals surface area contributed by atoms with E-state index in [9.17, 15) is 0 Å². The van der Waals surface area contributed by atoms with Gasteiger partial charge in [0.1, 0.15) is 0 Å². The maximum Gasteiger partial charge on any atom is 0.191 e. The Balaban J connectivity index is 0. The van der Waals surface area contributed by atoms with Gasteiger partial charge >= 0.3 is 0 Å². The van der Waals surface area contributed by atoms with Crippen LogP contribution in [-0.2, 0) is 4.74 Å². The average Bonchev–Trinajstić information content (AvgIpc) is 2.24. The second-order valence-corrected chi connectivity index (χ2v) is 4.13. The number of aliphatic imine (C=N–C) groups is 1. The monoisotopic (exact) mass is 357 g/mol. The summed E-state index contributed by atoms with van der Waals surface area (Å²) in [5.41, 5.74) is 0. The zero-order chi connectivity index (χ0) is 12.4. The molecule has 17 heavy (non-hydrogen) atoms. The van der Waals surface area contributed by atoms with Crippen LogP contribution in [0.4, 0.5) is 0 Å². The fraction of sp³-hybridized carbons (Fsp3) is 0.917. The van der Waals surface area contributed by atoms with E-state index in [1.54, 1.807) is 0 Å². The van der Waals surface area contributed by atoms with Gasteiger partial charge in [-0.1, -0.05) is 13.8 Å². The highest BCUT2D eigenvalue weighted by molar-refractivity contribution is 14.0. The number of nitrogens with one attached hydrogen (secondary N) is 2. The third-order valence-corrected chi connectivity index (χ3v) is 2.42. The smallest absolute Gasteiger partial charge is 0.191 e.